The Bertz CT molecular complexity index is 937. The van der Waals surface area contributed by atoms with Gasteiger partial charge in [0, 0.05) is 18.2 Å². The topological polar surface area (TPSA) is 54.5 Å². The second-order valence-corrected chi connectivity index (χ2v) is 10.0. The van der Waals surface area contributed by atoms with Gasteiger partial charge in [-0.1, -0.05) is 43.2 Å². The molecule has 1 saturated carbocycles. The van der Waals surface area contributed by atoms with E-state index in [0.29, 0.717) is 28.0 Å². The van der Waals surface area contributed by atoms with Crippen LogP contribution in [0.25, 0.3) is 0 Å². The minimum Gasteiger partial charge on any atom is -0.335 e. The molecule has 0 radical (unpaired) electrons. The summed E-state index contributed by atoms with van der Waals surface area (Å²) < 4.78 is 25.4. The average molecular weight is 398 g/mol. The van der Waals surface area contributed by atoms with Gasteiger partial charge in [0.15, 0.2) is 9.84 Å². The van der Waals surface area contributed by atoms with E-state index in [1.165, 1.54) is 25.7 Å². The van der Waals surface area contributed by atoms with E-state index >= 15 is 0 Å². The number of hydrogen-bond acceptors (Lipinski definition) is 3. The second kappa shape index (κ2) is 8.08. The third-order valence-electron chi connectivity index (χ3n) is 6.14. The predicted octanol–water partition coefficient (Wildman–Crippen LogP) is 4.46. The molecule has 0 N–H and O–H groups in total. The van der Waals surface area contributed by atoms with Crippen LogP contribution >= 0.6 is 0 Å². The van der Waals surface area contributed by atoms with Gasteiger partial charge < -0.3 is 4.90 Å². The number of nitrogens with zero attached hydrogens (tertiary/aromatic N) is 1. The number of piperidine rings is 1. The van der Waals surface area contributed by atoms with Gasteiger partial charge in [-0.15, -0.1) is 0 Å². The molecule has 0 spiro atoms. The number of amides is 1. The van der Waals surface area contributed by atoms with Crippen LogP contribution in [0.5, 0.6) is 0 Å². The maximum Gasteiger partial charge on any atom is 0.254 e. The summed E-state index contributed by atoms with van der Waals surface area (Å²) in [6, 6.07) is 16.0. The van der Waals surface area contributed by atoms with Crippen LogP contribution in [0.2, 0.25) is 0 Å². The molecular formula is C23H27NO3S. The summed E-state index contributed by atoms with van der Waals surface area (Å²) in [5.74, 6) is 0.591. The van der Waals surface area contributed by atoms with E-state index in [0.717, 1.165) is 19.4 Å². The largest absolute Gasteiger partial charge is 0.335 e. The van der Waals surface area contributed by atoms with E-state index in [4.69, 9.17) is 0 Å². The first-order valence-electron chi connectivity index (χ1n) is 10.2. The number of fused-ring (bicyclic) bond motifs is 1. The maximum absolute atomic E-state index is 13.2. The number of carbonyl (C=O) groups is 1. The van der Waals surface area contributed by atoms with Crippen molar-refractivity contribution in [2.45, 2.75) is 55.2 Å². The average Bonchev–Trinajstić information content (AvgIpc) is 2.73. The standard InChI is InChI=1S/C23H27NO3S/c25-23(24-15-7-11-19-9-4-5-14-22(19)24)20-10-6-8-18(16-20)17-28(26,27)21-12-2-1-3-13-21/h1-3,6,8,10,12-13,16,19,22H,4-5,7,9,11,14-15,17H2/t19-,22+/m0/s1. The molecule has 0 aromatic heterocycles. The van der Waals surface area contributed by atoms with Gasteiger partial charge in [-0.05, 0) is 61.4 Å². The number of sulfone groups is 1. The molecule has 4 rings (SSSR count). The van der Waals surface area contributed by atoms with Crippen LogP contribution in [0.15, 0.2) is 59.5 Å². The molecule has 148 valence electrons. The molecule has 2 aliphatic rings. The van der Waals surface area contributed by atoms with Crippen molar-refractivity contribution in [1.82, 2.24) is 4.90 Å². The van der Waals surface area contributed by atoms with Gasteiger partial charge >= 0.3 is 0 Å². The first-order chi connectivity index (χ1) is 13.5. The normalized spacial score (nSPS) is 22.5. The Balaban J connectivity index is 1.54. The Labute approximate surface area is 167 Å². The Kier molecular flexibility index (Phi) is 5.54. The Hall–Kier alpha value is -2.14. The van der Waals surface area contributed by atoms with Gasteiger partial charge in [-0.2, -0.15) is 0 Å². The van der Waals surface area contributed by atoms with E-state index in [1.54, 1.807) is 48.5 Å². The molecule has 2 aromatic carbocycles. The molecule has 0 bridgehead atoms. The van der Waals surface area contributed by atoms with Crippen molar-refractivity contribution in [2.75, 3.05) is 6.54 Å². The molecule has 4 nitrogen and oxygen atoms in total. The fraction of sp³-hybridized carbons (Fsp3) is 0.435. The van der Waals surface area contributed by atoms with Crippen molar-refractivity contribution in [2.24, 2.45) is 5.92 Å². The van der Waals surface area contributed by atoms with Crippen LogP contribution in [0.4, 0.5) is 0 Å². The molecule has 2 aromatic rings. The Morgan fingerprint density at radius 2 is 1.68 bits per heavy atom. The van der Waals surface area contributed by atoms with Crippen molar-refractivity contribution in [3.8, 4) is 0 Å². The molecule has 0 unspecified atom stereocenters. The highest BCUT2D eigenvalue weighted by Crippen LogP contribution is 2.36. The van der Waals surface area contributed by atoms with Crippen molar-refractivity contribution in [3.63, 3.8) is 0 Å². The molecule has 1 aliphatic carbocycles. The number of benzene rings is 2. The molecule has 2 atom stereocenters. The van der Waals surface area contributed by atoms with E-state index in [9.17, 15) is 13.2 Å². The summed E-state index contributed by atoms with van der Waals surface area (Å²) in [7, 11) is -3.42. The zero-order chi connectivity index (χ0) is 19.6. The number of likely N-dealkylation sites (tertiary alicyclic amines) is 1. The molecule has 1 aliphatic heterocycles. The number of hydrogen-bond donors (Lipinski definition) is 0. The fourth-order valence-corrected chi connectivity index (χ4v) is 6.12. The van der Waals surface area contributed by atoms with Crippen molar-refractivity contribution < 1.29 is 13.2 Å². The van der Waals surface area contributed by atoms with Gasteiger partial charge in [0.1, 0.15) is 0 Å². The lowest BCUT2D eigenvalue weighted by Crippen LogP contribution is -2.49. The highest BCUT2D eigenvalue weighted by atomic mass is 32.2. The zero-order valence-corrected chi connectivity index (χ0v) is 16.9. The van der Waals surface area contributed by atoms with E-state index in [1.807, 2.05) is 6.07 Å². The fourth-order valence-electron chi connectivity index (χ4n) is 4.77. The summed E-state index contributed by atoms with van der Waals surface area (Å²) in [6.07, 6.45) is 7.08. The van der Waals surface area contributed by atoms with Gasteiger partial charge in [0.05, 0.1) is 10.6 Å². The predicted molar refractivity (Wildman–Crippen MR) is 110 cm³/mol. The molecule has 1 saturated heterocycles. The van der Waals surface area contributed by atoms with Crippen molar-refractivity contribution in [3.05, 3.63) is 65.7 Å². The molecule has 2 fully saturated rings. The summed E-state index contributed by atoms with van der Waals surface area (Å²) >= 11 is 0. The molecule has 5 heteroatoms. The van der Waals surface area contributed by atoms with Gasteiger partial charge in [-0.25, -0.2) is 8.42 Å². The molecule has 1 heterocycles. The number of carbonyl (C=O) groups excluding carboxylic acids is 1. The monoisotopic (exact) mass is 397 g/mol. The Morgan fingerprint density at radius 1 is 0.929 bits per heavy atom. The first kappa shape index (κ1) is 19.2. The van der Waals surface area contributed by atoms with Crippen molar-refractivity contribution in [1.29, 1.82) is 0 Å². The van der Waals surface area contributed by atoms with E-state index in [-0.39, 0.29) is 11.7 Å². The van der Waals surface area contributed by atoms with E-state index in [2.05, 4.69) is 4.90 Å². The van der Waals surface area contributed by atoms with Gasteiger partial charge in [0.25, 0.3) is 5.91 Å². The Morgan fingerprint density at radius 3 is 2.50 bits per heavy atom. The highest BCUT2D eigenvalue weighted by molar-refractivity contribution is 7.90. The third kappa shape index (κ3) is 4.00. The van der Waals surface area contributed by atoms with Crippen LogP contribution in [-0.4, -0.2) is 31.8 Å². The summed E-state index contributed by atoms with van der Waals surface area (Å²) in [6.45, 7) is 0.812. The maximum atomic E-state index is 13.2. The highest BCUT2D eigenvalue weighted by Gasteiger charge is 2.36. The van der Waals surface area contributed by atoms with Crippen LogP contribution in [-0.2, 0) is 15.6 Å². The van der Waals surface area contributed by atoms with Gasteiger partial charge in [-0.3, -0.25) is 4.79 Å². The molecule has 1 amide bonds. The van der Waals surface area contributed by atoms with Crippen molar-refractivity contribution >= 4 is 15.7 Å². The second-order valence-electron chi connectivity index (χ2n) is 8.03. The van der Waals surface area contributed by atoms with Crippen LogP contribution in [0.1, 0.15) is 54.4 Å². The van der Waals surface area contributed by atoms with Crippen LogP contribution < -0.4 is 0 Å². The van der Waals surface area contributed by atoms with Crippen LogP contribution in [0.3, 0.4) is 0 Å². The van der Waals surface area contributed by atoms with Gasteiger partial charge in [0.2, 0.25) is 0 Å². The third-order valence-corrected chi connectivity index (χ3v) is 7.84. The minimum atomic E-state index is -3.42. The lowest BCUT2D eigenvalue weighted by molar-refractivity contribution is 0.0390. The number of rotatable bonds is 4. The smallest absolute Gasteiger partial charge is 0.254 e. The van der Waals surface area contributed by atoms with E-state index < -0.39 is 9.84 Å². The van der Waals surface area contributed by atoms with Crippen LogP contribution in [0, 0.1) is 5.92 Å². The summed E-state index contributed by atoms with van der Waals surface area (Å²) in [5, 5.41) is 0. The summed E-state index contributed by atoms with van der Waals surface area (Å²) in [5.41, 5.74) is 1.26. The lowest BCUT2D eigenvalue weighted by atomic mass is 9.78. The summed E-state index contributed by atoms with van der Waals surface area (Å²) in [4.78, 5) is 15.6. The quantitative estimate of drug-likeness (QED) is 0.766. The molecule has 28 heavy (non-hydrogen) atoms. The minimum absolute atomic E-state index is 0.0514. The SMILES string of the molecule is O=C(c1cccc(CS(=O)(=O)c2ccccc2)c1)N1CCC[C@@H]2CCCC[C@H]21. The lowest BCUT2D eigenvalue weighted by Gasteiger charge is -2.44. The first-order valence-corrected chi connectivity index (χ1v) is 11.9. The molecular weight excluding hydrogens is 370 g/mol. The zero-order valence-electron chi connectivity index (χ0n) is 16.1.